The fraction of sp³-hybridized carbons (Fsp3) is 0.400. The molecule has 1 fully saturated rings. The molecule has 2 amide bonds. The van der Waals surface area contributed by atoms with E-state index < -0.39 is 11.5 Å². The van der Waals surface area contributed by atoms with E-state index in [2.05, 4.69) is 15.6 Å². The fourth-order valence-electron chi connectivity index (χ4n) is 3.47. The average Bonchev–Trinajstić information content (AvgIpc) is 3.04. The second kappa shape index (κ2) is 8.16. The molecule has 0 spiro atoms. The Hall–Kier alpha value is -2.96. The van der Waals surface area contributed by atoms with Crippen LogP contribution in [0, 0.1) is 0 Å². The summed E-state index contributed by atoms with van der Waals surface area (Å²) in [5.41, 5.74) is 1.24. The van der Waals surface area contributed by atoms with Gasteiger partial charge in [0.15, 0.2) is 0 Å². The number of carbonyl (C=O) groups is 3. The van der Waals surface area contributed by atoms with Crippen molar-refractivity contribution in [2.75, 3.05) is 0 Å². The Morgan fingerprint density at radius 3 is 2.74 bits per heavy atom. The lowest BCUT2D eigenvalue weighted by molar-refractivity contribution is -0.137. The van der Waals surface area contributed by atoms with Gasteiger partial charge in [0.2, 0.25) is 11.8 Å². The first-order valence-electron chi connectivity index (χ1n) is 9.09. The largest absolute Gasteiger partial charge is 0.481 e. The van der Waals surface area contributed by atoms with E-state index >= 15 is 0 Å². The van der Waals surface area contributed by atoms with E-state index in [1.807, 2.05) is 30.3 Å². The molecule has 27 heavy (non-hydrogen) atoms. The molecule has 0 bridgehead atoms. The van der Waals surface area contributed by atoms with Crippen LogP contribution in [0.3, 0.4) is 0 Å². The number of carbonyl (C=O) groups excluding carboxylic acids is 2. The van der Waals surface area contributed by atoms with Crippen LogP contribution in [0.15, 0.2) is 36.5 Å². The minimum absolute atomic E-state index is 0.0232. The van der Waals surface area contributed by atoms with E-state index in [9.17, 15) is 14.4 Å². The maximum absolute atomic E-state index is 12.2. The smallest absolute Gasteiger partial charge is 0.303 e. The summed E-state index contributed by atoms with van der Waals surface area (Å²) in [5.74, 6) is -1.11. The Morgan fingerprint density at radius 1 is 1.22 bits per heavy atom. The minimum Gasteiger partial charge on any atom is -0.481 e. The lowest BCUT2D eigenvalue weighted by Crippen LogP contribution is -2.43. The number of carboxylic acid groups (broad SMARTS) is 1. The molecule has 3 N–H and O–H groups in total. The van der Waals surface area contributed by atoms with E-state index in [-0.39, 0.29) is 24.7 Å². The lowest BCUT2D eigenvalue weighted by Gasteiger charge is -2.28. The van der Waals surface area contributed by atoms with Crippen molar-refractivity contribution in [3.05, 3.63) is 42.1 Å². The third kappa shape index (κ3) is 5.03. The van der Waals surface area contributed by atoms with E-state index in [0.717, 1.165) is 16.5 Å². The zero-order valence-corrected chi connectivity index (χ0v) is 15.0. The van der Waals surface area contributed by atoms with Crippen molar-refractivity contribution < 1.29 is 19.5 Å². The number of amides is 2. The number of carboxylic acids is 1. The number of rotatable bonds is 8. The molecule has 0 aliphatic carbocycles. The van der Waals surface area contributed by atoms with Crippen LogP contribution in [-0.2, 0) is 20.9 Å². The van der Waals surface area contributed by atoms with Gasteiger partial charge in [-0.15, -0.1) is 0 Å². The first-order chi connectivity index (χ1) is 13.0. The topological polar surface area (TPSA) is 108 Å². The highest BCUT2D eigenvalue weighted by atomic mass is 16.4. The maximum Gasteiger partial charge on any atom is 0.303 e. The first kappa shape index (κ1) is 18.8. The fourth-order valence-corrected chi connectivity index (χ4v) is 3.47. The van der Waals surface area contributed by atoms with Crippen LogP contribution in [0.25, 0.3) is 10.9 Å². The molecule has 3 rings (SSSR count). The Bertz CT molecular complexity index is 867. The summed E-state index contributed by atoms with van der Waals surface area (Å²) in [6.45, 7) is 0.380. The molecule has 1 aromatic carbocycles. The highest BCUT2D eigenvalue weighted by Crippen LogP contribution is 2.30. The summed E-state index contributed by atoms with van der Waals surface area (Å²) in [6, 6.07) is 9.78. The molecule has 1 aromatic heterocycles. The summed E-state index contributed by atoms with van der Waals surface area (Å²) < 4.78 is 0. The van der Waals surface area contributed by atoms with Crippen molar-refractivity contribution in [1.82, 2.24) is 15.6 Å². The summed E-state index contributed by atoms with van der Waals surface area (Å²) in [6.07, 6.45) is 3.69. The predicted molar refractivity (Wildman–Crippen MR) is 99.8 cm³/mol. The van der Waals surface area contributed by atoms with Gasteiger partial charge < -0.3 is 15.7 Å². The Balaban J connectivity index is 1.53. The number of pyridine rings is 1. The van der Waals surface area contributed by atoms with Crippen molar-refractivity contribution in [1.29, 1.82) is 0 Å². The van der Waals surface area contributed by atoms with Crippen molar-refractivity contribution >= 4 is 28.7 Å². The number of fused-ring (bicyclic) bond motifs is 1. The second-order valence-electron chi connectivity index (χ2n) is 7.04. The number of hydrogen-bond donors (Lipinski definition) is 3. The van der Waals surface area contributed by atoms with Crippen LogP contribution >= 0.6 is 0 Å². The van der Waals surface area contributed by atoms with Crippen LogP contribution in [-0.4, -0.2) is 33.4 Å². The van der Waals surface area contributed by atoms with E-state index in [4.69, 9.17) is 5.11 Å². The first-order valence-corrected chi connectivity index (χ1v) is 9.09. The molecule has 0 unspecified atom stereocenters. The Labute approximate surface area is 157 Å². The molecule has 0 radical (unpaired) electrons. The molecule has 7 nitrogen and oxygen atoms in total. The molecular formula is C20H23N3O4. The molecular weight excluding hydrogens is 346 g/mol. The van der Waals surface area contributed by atoms with E-state index in [0.29, 0.717) is 32.2 Å². The SMILES string of the molecule is O=C(O)CC[C@]1(CCC(=O)NCc2cnc3ccccc3c2)CCC(=O)N1. The summed E-state index contributed by atoms with van der Waals surface area (Å²) in [7, 11) is 0. The van der Waals surface area contributed by atoms with Crippen LogP contribution in [0.1, 0.15) is 44.1 Å². The van der Waals surface area contributed by atoms with Gasteiger partial charge in [-0.1, -0.05) is 18.2 Å². The molecule has 0 saturated carbocycles. The summed E-state index contributed by atoms with van der Waals surface area (Å²) >= 11 is 0. The van der Waals surface area contributed by atoms with Crippen molar-refractivity contribution in [2.45, 2.75) is 50.6 Å². The van der Waals surface area contributed by atoms with Gasteiger partial charge in [0.25, 0.3) is 0 Å². The zero-order valence-electron chi connectivity index (χ0n) is 15.0. The normalized spacial score (nSPS) is 19.0. The summed E-state index contributed by atoms with van der Waals surface area (Å²) in [4.78, 5) is 39.1. The van der Waals surface area contributed by atoms with Crippen molar-refractivity contribution in [3.8, 4) is 0 Å². The maximum atomic E-state index is 12.2. The van der Waals surface area contributed by atoms with Gasteiger partial charge in [-0.3, -0.25) is 19.4 Å². The van der Waals surface area contributed by atoms with Gasteiger partial charge >= 0.3 is 5.97 Å². The van der Waals surface area contributed by atoms with E-state index in [1.54, 1.807) is 6.20 Å². The van der Waals surface area contributed by atoms with Gasteiger partial charge in [-0.2, -0.15) is 0 Å². The Kier molecular flexibility index (Phi) is 5.69. The van der Waals surface area contributed by atoms with Gasteiger partial charge in [-0.05, 0) is 37.0 Å². The molecule has 2 aromatic rings. The van der Waals surface area contributed by atoms with Gasteiger partial charge in [-0.25, -0.2) is 0 Å². The number of para-hydroxylation sites is 1. The quantitative estimate of drug-likeness (QED) is 0.661. The molecule has 1 aliphatic heterocycles. The molecule has 1 atom stereocenters. The van der Waals surface area contributed by atoms with Crippen LogP contribution < -0.4 is 10.6 Å². The van der Waals surface area contributed by atoms with Gasteiger partial charge in [0.1, 0.15) is 0 Å². The molecule has 7 heteroatoms. The molecule has 2 heterocycles. The van der Waals surface area contributed by atoms with Crippen molar-refractivity contribution in [2.24, 2.45) is 0 Å². The highest BCUT2D eigenvalue weighted by Gasteiger charge is 2.37. The van der Waals surface area contributed by atoms with Crippen LogP contribution in [0.2, 0.25) is 0 Å². The molecule has 1 aliphatic rings. The van der Waals surface area contributed by atoms with Crippen molar-refractivity contribution in [3.63, 3.8) is 0 Å². The molecule has 142 valence electrons. The third-order valence-electron chi connectivity index (χ3n) is 5.02. The van der Waals surface area contributed by atoms with Gasteiger partial charge in [0.05, 0.1) is 5.52 Å². The van der Waals surface area contributed by atoms with Gasteiger partial charge in [0, 0.05) is 42.9 Å². The highest BCUT2D eigenvalue weighted by molar-refractivity contribution is 5.81. The summed E-state index contributed by atoms with van der Waals surface area (Å²) in [5, 5.41) is 15.7. The standard InChI is InChI=1S/C20H23N3O4/c24-17(5-8-20(10-7-19(26)27)9-6-18(25)23-20)22-13-14-11-15-3-1-2-4-16(15)21-12-14/h1-4,11-12H,5-10,13H2,(H,22,24)(H,23,25)(H,26,27)/t20-/m0/s1. The minimum atomic E-state index is -0.899. The Morgan fingerprint density at radius 2 is 2.00 bits per heavy atom. The third-order valence-corrected chi connectivity index (χ3v) is 5.02. The van der Waals surface area contributed by atoms with E-state index in [1.165, 1.54) is 0 Å². The monoisotopic (exact) mass is 369 g/mol. The number of aliphatic carboxylic acids is 1. The lowest BCUT2D eigenvalue weighted by atomic mass is 9.86. The average molecular weight is 369 g/mol. The number of hydrogen-bond acceptors (Lipinski definition) is 4. The number of benzene rings is 1. The molecule has 1 saturated heterocycles. The predicted octanol–water partition coefficient (Wildman–Crippen LogP) is 2.14. The second-order valence-corrected chi connectivity index (χ2v) is 7.04. The number of aromatic nitrogens is 1. The van der Waals surface area contributed by atoms with Crippen LogP contribution in [0.5, 0.6) is 0 Å². The number of nitrogens with one attached hydrogen (secondary N) is 2. The van der Waals surface area contributed by atoms with Crippen LogP contribution in [0.4, 0.5) is 0 Å². The number of nitrogens with zero attached hydrogens (tertiary/aromatic N) is 1. The zero-order chi connectivity index (χ0) is 19.3.